The number of aromatic nitrogens is 3. The Kier molecular flexibility index (Phi) is 5.53. The maximum atomic E-state index is 13.0. The van der Waals surface area contributed by atoms with Gasteiger partial charge in [0.05, 0.1) is 23.3 Å². The molecule has 0 aliphatic rings. The van der Waals surface area contributed by atoms with Crippen LogP contribution in [0.3, 0.4) is 0 Å². The topological polar surface area (TPSA) is 98.1 Å². The third kappa shape index (κ3) is 4.39. The lowest BCUT2D eigenvalue weighted by Crippen LogP contribution is -2.32. The second-order valence-corrected chi connectivity index (χ2v) is 8.33. The Hall–Kier alpha value is -3.57. The molecule has 0 unspecified atom stereocenters. The molecule has 0 saturated heterocycles. The van der Waals surface area contributed by atoms with Crippen LogP contribution in [0.2, 0.25) is 0 Å². The van der Waals surface area contributed by atoms with Gasteiger partial charge in [-0.1, -0.05) is 24.3 Å². The summed E-state index contributed by atoms with van der Waals surface area (Å²) in [7, 11) is -4.55. The molecule has 1 N–H and O–H groups in total. The fraction of sp³-hybridized carbons (Fsp3) is 0.0952. The van der Waals surface area contributed by atoms with Gasteiger partial charge in [0, 0.05) is 16.9 Å². The zero-order chi connectivity index (χ0) is 22.9. The summed E-state index contributed by atoms with van der Waals surface area (Å²) in [6.07, 6.45) is -1.62. The molecule has 0 saturated carbocycles. The number of nitrogens with zero attached hydrogens (tertiary/aromatic N) is 4. The van der Waals surface area contributed by atoms with E-state index in [0.29, 0.717) is 22.7 Å². The second-order valence-electron chi connectivity index (χ2n) is 6.73. The summed E-state index contributed by atoms with van der Waals surface area (Å²) in [6.45, 7) is -0.267. The second kappa shape index (κ2) is 8.17. The fourth-order valence-corrected chi connectivity index (χ4v) is 3.95. The zero-order valence-corrected chi connectivity index (χ0v) is 17.0. The molecule has 164 valence electrons. The molecule has 0 atom stereocenters. The van der Waals surface area contributed by atoms with E-state index in [9.17, 15) is 26.7 Å². The van der Waals surface area contributed by atoms with E-state index in [2.05, 4.69) is 14.7 Å². The van der Waals surface area contributed by atoms with Crippen LogP contribution in [-0.2, 0) is 22.8 Å². The number of aliphatic hydroxyl groups excluding tert-OH is 1. The molecule has 4 rings (SSSR count). The van der Waals surface area contributed by atoms with Crippen LogP contribution in [0.25, 0.3) is 21.6 Å². The van der Waals surface area contributed by atoms with Gasteiger partial charge in [0.15, 0.2) is 5.52 Å². The Morgan fingerprint density at radius 2 is 1.69 bits per heavy atom. The molecule has 2 aromatic heterocycles. The van der Waals surface area contributed by atoms with Gasteiger partial charge in [-0.25, -0.2) is 13.0 Å². The van der Waals surface area contributed by atoms with Crippen LogP contribution >= 0.6 is 0 Å². The first-order valence-electron chi connectivity index (χ1n) is 9.21. The Morgan fingerprint density at radius 3 is 2.38 bits per heavy atom. The van der Waals surface area contributed by atoms with Crippen molar-refractivity contribution in [3.8, 4) is 5.82 Å². The molecule has 0 fully saturated rings. The van der Waals surface area contributed by atoms with Crippen molar-refractivity contribution in [3.63, 3.8) is 0 Å². The number of pyridine rings is 1. The van der Waals surface area contributed by atoms with Gasteiger partial charge in [-0.05, 0) is 41.4 Å². The first-order chi connectivity index (χ1) is 15.2. The summed E-state index contributed by atoms with van der Waals surface area (Å²) in [5.74, 6) is -0.268. The third-order valence-corrected chi connectivity index (χ3v) is 5.75. The molecule has 2 aromatic carbocycles. The summed E-state index contributed by atoms with van der Waals surface area (Å²) in [5.41, 5.74) is 0.228. The van der Waals surface area contributed by atoms with Gasteiger partial charge in [0.2, 0.25) is 10.0 Å². The number of rotatable bonds is 5. The van der Waals surface area contributed by atoms with Crippen molar-refractivity contribution in [1.82, 2.24) is 9.97 Å². The highest BCUT2D eigenvalue weighted by atomic mass is 32.2. The van der Waals surface area contributed by atoms with Gasteiger partial charge in [-0.15, -0.1) is 0 Å². The average molecular weight is 460 g/mol. The number of fused-ring (bicyclic) bond motifs is 1. The molecular weight excluding hydrogens is 445 g/mol. The van der Waals surface area contributed by atoms with Gasteiger partial charge < -0.3 is 14.8 Å². The number of aliphatic hydroxyl groups is 1. The number of alkyl halides is 3. The molecule has 0 aliphatic carbocycles. The van der Waals surface area contributed by atoms with Crippen molar-refractivity contribution in [1.29, 1.82) is 0 Å². The van der Waals surface area contributed by atoms with E-state index in [1.54, 1.807) is 42.6 Å². The maximum absolute atomic E-state index is 13.0. The van der Waals surface area contributed by atoms with Gasteiger partial charge in [0.25, 0.3) is 0 Å². The number of para-hydroxylation sites is 2. The minimum Gasteiger partial charge on any atom is -0.425 e. The summed E-state index contributed by atoms with van der Waals surface area (Å²) >= 11 is 0. The number of halogens is 3. The van der Waals surface area contributed by atoms with Crippen molar-refractivity contribution in [2.45, 2.75) is 17.7 Å². The summed E-state index contributed by atoms with van der Waals surface area (Å²) < 4.78 is 70.0. The van der Waals surface area contributed by atoms with Crippen LogP contribution in [0.15, 0.2) is 78.0 Å². The molecule has 0 amide bonds. The standard InChI is InChI=1S/C21H15F3N4O3S/c22-21(23,24)15-6-3-7-16(11-15)32(30,31)27-19-20(28-10-4-5-14(12-28)13-29)26-18-9-2-1-8-17(18)25-19/h1-12,29H,13H2. The lowest BCUT2D eigenvalue weighted by molar-refractivity contribution is -0.599. The highest BCUT2D eigenvalue weighted by Gasteiger charge is 2.31. The molecule has 0 radical (unpaired) electrons. The van der Waals surface area contributed by atoms with Crippen LogP contribution in [0.5, 0.6) is 0 Å². The third-order valence-electron chi connectivity index (χ3n) is 4.49. The highest BCUT2D eigenvalue weighted by Crippen LogP contribution is 2.34. The zero-order valence-electron chi connectivity index (χ0n) is 16.2. The van der Waals surface area contributed by atoms with Crippen LogP contribution in [0.1, 0.15) is 11.1 Å². The molecule has 0 aliphatic heterocycles. The van der Waals surface area contributed by atoms with Gasteiger partial charge in [-0.2, -0.15) is 13.2 Å². The smallest absolute Gasteiger partial charge is 0.416 e. The first kappa shape index (κ1) is 21.7. The molecule has 7 nitrogen and oxygen atoms in total. The first-order valence-corrected chi connectivity index (χ1v) is 10.6. The lowest BCUT2D eigenvalue weighted by Gasteiger charge is -2.17. The minimum atomic E-state index is -4.71. The summed E-state index contributed by atoms with van der Waals surface area (Å²) in [6, 6.07) is 13.3. The number of sulfonamides is 1. The largest absolute Gasteiger partial charge is 0.425 e. The van der Waals surface area contributed by atoms with Gasteiger partial charge in [0.1, 0.15) is 6.20 Å². The SMILES string of the molecule is O=S(=O)([N-]c1nc2ccccc2nc1-[n+]1cccc(CO)c1)c1cccc(C(F)(F)F)c1. The van der Waals surface area contributed by atoms with Crippen LogP contribution in [-0.4, -0.2) is 23.5 Å². The van der Waals surface area contributed by atoms with Crippen LogP contribution in [0.4, 0.5) is 19.0 Å². The van der Waals surface area contributed by atoms with Crippen molar-refractivity contribution in [2.24, 2.45) is 0 Å². The maximum Gasteiger partial charge on any atom is 0.416 e. The molecule has 0 spiro atoms. The van der Waals surface area contributed by atoms with Crippen LogP contribution < -0.4 is 4.57 Å². The Balaban J connectivity index is 1.85. The molecule has 2 heterocycles. The quantitative estimate of drug-likeness (QED) is 0.457. The van der Waals surface area contributed by atoms with Crippen LogP contribution in [0, 0.1) is 0 Å². The monoisotopic (exact) mass is 460 g/mol. The Morgan fingerprint density at radius 1 is 0.969 bits per heavy atom. The number of hydrogen-bond acceptors (Lipinski definition) is 5. The minimum absolute atomic E-state index is 0.0366. The Bertz CT molecular complexity index is 1410. The normalized spacial score (nSPS) is 12.1. The summed E-state index contributed by atoms with van der Waals surface area (Å²) in [5, 5.41) is 9.42. The van der Waals surface area contributed by atoms with E-state index in [-0.39, 0.29) is 18.2 Å². The Labute approximate surface area is 180 Å². The van der Waals surface area contributed by atoms with Gasteiger partial charge in [-0.3, -0.25) is 0 Å². The molecule has 11 heteroatoms. The van der Waals surface area contributed by atoms with Crippen molar-refractivity contribution in [2.75, 3.05) is 0 Å². The van der Waals surface area contributed by atoms with Crippen molar-refractivity contribution >= 4 is 26.9 Å². The van der Waals surface area contributed by atoms with Crippen molar-refractivity contribution in [3.05, 3.63) is 88.9 Å². The summed E-state index contributed by atoms with van der Waals surface area (Å²) in [4.78, 5) is 8.09. The van der Waals surface area contributed by atoms with E-state index in [1.165, 1.54) is 10.8 Å². The predicted octanol–water partition coefficient (Wildman–Crippen LogP) is 3.81. The van der Waals surface area contributed by atoms with E-state index < -0.39 is 26.7 Å². The van der Waals surface area contributed by atoms with Crippen molar-refractivity contribution < 1.29 is 31.3 Å². The van der Waals surface area contributed by atoms with E-state index in [1.807, 2.05) is 0 Å². The fourth-order valence-electron chi connectivity index (χ4n) is 2.96. The number of hydrogen-bond donors (Lipinski definition) is 1. The average Bonchev–Trinajstić information content (AvgIpc) is 2.78. The number of benzene rings is 2. The molecular formula is C21H15F3N4O3S. The highest BCUT2D eigenvalue weighted by molar-refractivity contribution is 7.94. The predicted molar refractivity (Wildman–Crippen MR) is 109 cm³/mol. The van der Waals surface area contributed by atoms with E-state index in [0.717, 1.165) is 18.2 Å². The van der Waals surface area contributed by atoms with Gasteiger partial charge >= 0.3 is 12.0 Å². The molecule has 32 heavy (non-hydrogen) atoms. The molecule has 0 bridgehead atoms. The van der Waals surface area contributed by atoms with E-state index >= 15 is 0 Å². The molecule has 4 aromatic rings. The lowest BCUT2D eigenvalue weighted by atomic mass is 10.2. The van der Waals surface area contributed by atoms with E-state index in [4.69, 9.17) is 0 Å².